The van der Waals surface area contributed by atoms with Gasteiger partial charge in [-0.05, 0) is 57.3 Å². The number of halogens is 1. The molecule has 116 valence electrons. The summed E-state index contributed by atoms with van der Waals surface area (Å²) in [6.07, 6.45) is 6.99. The van der Waals surface area contributed by atoms with Crippen LogP contribution in [0.3, 0.4) is 0 Å². The second-order valence-electron chi connectivity index (χ2n) is 4.73. The summed E-state index contributed by atoms with van der Waals surface area (Å²) in [6.45, 7) is 7.52. The first-order valence-electron chi connectivity index (χ1n) is 7.57. The van der Waals surface area contributed by atoms with Crippen molar-refractivity contribution in [1.29, 1.82) is 0 Å². The van der Waals surface area contributed by atoms with Crippen LogP contribution in [-0.2, 0) is 4.79 Å². The van der Waals surface area contributed by atoms with E-state index in [0.717, 1.165) is 49.7 Å². The third kappa shape index (κ3) is 6.96. The molecule has 0 radical (unpaired) electrons. The van der Waals surface area contributed by atoms with Crippen molar-refractivity contribution in [3.8, 4) is 0 Å². The van der Waals surface area contributed by atoms with Gasteiger partial charge in [0.15, 0.2) is 0 Å². The molecular weight excluding hydrogens is 255 g/mol. The number of aldehydes is 1. The molecule has 1 aliphatic heterocycles. The number of hydrogen-bond acceptors (Lipinski definition) is 3. The Morgan fingerprint density at radius 1 is 1.50 bits per heavy atom. The lowest BCUT2D eigenvalue weighted by molar-refractivity contribution is -0.109. The van der Waals surface area contributed by atoms with E-state index in [-0.39, 0.29) is 11.9 Å². The maximum atomic E-state index is 13.2. The molecule has 2 N–H and O–H groups in total. The van der Waals surface area contributed by atoms with Crippen LogP contribution < -0.4 is 10.6 Å². The molecule has 1 heterocycles. The van der Waals surface area contributed by atoms with E-state index in [1.54, 1.807) is 0 Å². The van der Waals surface area contributed by atoms with Crippen molar-refractivity contribution in [1.82, 2.24) is 10.6 Å². The molecule has 1 saturated heterocycles. The Bertz CT molecular complexity index is 331. The van der Waals surface area contributed by atoms with Gasteiger partial charge in [-0.3, -0.25) is 0 Å². The zero-order chi connectivity index (χ0) is 15.4. The minimum absolute atomic E-state index is 0.00870. The third-order valence-corrected chi connectivity index (χ3v) is 3.20. The van der Waals surface area contributed by atoms with E-state index in [4.69, 9.17) is 0 Å². The smallest absolute Gasteiger partial charge is 0.136 e. The average molecular weight is 284 g/mol. The topological polar surface area (TPSA) is 41.1 Å². The third-order valence-electron chi connectivity index (χ3n) is 3.20. The normalized spacial score (nSPS) is 21.2. The molecule has 0 aromatic carbocycles. The minimum atomic E-state index is -0.00870. The van der Waals surface area contributed by atoms with Crippen LogP contribution in [0.15, 0.2) is 23.0 Å². The Kier molecular flexibility index (Phi) is 11.2. The zero-order valence-electron chi connectivity index (χ0n) is 13.3. The van der Waals surface area contributed by atoms with E-state index in [0.29, 0.717) is 6.54 Å². The second-order valence-corrected chi connectivity index (χ2v) is 4.73. The number of allylic oxidation sites excluding steroid dienone is 2. The summed E-state index contributed by atoms with van der Waals surface area (Å²) in [6, 6.07) is 0.167. The van der Waals surface area contributed by atoms with Crippen LogP contribution in [0.5, 0.6) is 0 Å². The minimum Gasteiger partial charge on any atom is -0.316 e. The van der Waals surface area contributed by atoms with Gasteiger partial charge in [-0.25, -0.2) is 4.39 Å². The number of rotatable bonds is 3. The van der Waals surface area contributed by atoms with E-state index in [2.05, 4.69) is 10.6 Å². The summed E-state index contributed by atoms with van der Waals surface area (Å²) >= 11 is 0. The largest absolute Gasteiger partial charge is 0.316 e. The number of nitrogens with one attached hydrogen (secondary N) is 2. The van der Waals surface area contributed by atoms with Crippen molar-refractivity contribution in [3.05, 3.63) is 23.0 Å². The standard InChI is InChI=1S/C9H14FN.C5H9NO.C2H6/c1-7-4-3-5-8(6-11-2)9(7)10;7-4-5-2-1-3-6-5;1-2/h5,11H,3-4,6H2,1-2H3;4-6H,1-3H2;1-2H3. The quantitative estimate of drug-likeness (QED) is 0.782. The van der Waals surface area contributed by atoms with Crippen LogP contribution in [0, 0.1) is 0 Å². The van der Waals surface area contributed by atoms with Crippen molar-refractivity contribution in [2.24, 2.45) is 0 Å². The van der Waals surface area contributed by atoms with Gasteiger partial charge in [0, 0.05) is 6.54 Å². The van der Waals surface area contributed by atoms with Gasteiger partial charge in [0.2, 0.25) is 0 Å². The van der Waals surface area contributed by atoms with E-state index in [1.807, 2.05) is 33.9 Å². The van der Waals surface area contributed by atoms with Crippen LogP contribution in [-0.4, -0.2) is 32.5 Å². The SMILES string of the molecule is CC.CNCC1=CCCC(C)=C1F.O=CC1CCCN1. The summed E-state index contributed by atoms with van der Waals surface area (Å²) in [5.74, 6) is -0.00870. The summed E-state index contributed by atoms with van der Waals surface area (Å²) in [4.78, 5) is 9.94. The average Bonchev–Trinajstić information content (AvgIpc) is 3.00. The van der Waals surface area contributed by atoms with Crippen molar-refractivity contribution in [2.75, 3.05) is 20.1 Å². The van der Waals surface area contributed by atoms with Gasteiger partial charge in [0.05, 0.1) is 6.04 Å². The highest BCUT2D eigenvalue weighted by atomic mass is 19.1. The van der Waals surface area contributed by atoms with Gasteiger partial charge in [-0.15, -0.1) is 0 Å². The first-order chi connectivity index (χ1) is 9.69. The Balaban J connectivity index is 0.000000345. The lowest BCUT2D eigenvalue weighted by Gasteiger charge is -2.12. The predicted molar refractivity (Wildman–Crippen MR) is 83.5 cm³/mol. The predicted octanol–water partition coefficient (Wildman–Crippen LogP) is 3.13. The van der Waals surface area contributed by atoms with E-state index in [9.17, 15) is 9.18 Å². The number of carbonyl (C=O) groups is 1. The fourth-order valence-corrected chi connectivity index (χ4v) is 2.10. The Morgan fingerprint density at radius 3 is 2.65 bits per heavy atom. The van der Waals surface area contributed by atoms with Gasteiger partial charge >= 0.3 is 0 Å². The summed E-state index contributed by atoms with van der Waals surface area (Å²) in [5, 5.41) is 5.98. The van der Waals surface area contributed by atoms with Gasteiger partial charge in [0.1, 0.15) is 12.1 Å². The highest BCUT2D eigenvalue weighted by Crippen LogP contribution is 2.25. The summed E-state index contributed by atoms with van der Waals surface area (Å²) in [7, 11) is 1.83. The molecule has 1 atom stereocenters. The number of likely N-dealkylation sites (N-methyl/N-ethyl adjacent to an activating group) is 1. The molecule has 1 unspecified atom stereocenters. The van der Waals surface area contributed by atoms with E-state index in [1.165, 1.54) is 0 Å². The maximum absolute atomic E-state index is 13.2. The Morgan fingerprint density at radius 2 is 2.20 bits per heavy atom. The molecule has 0 saturated carbocycles. The zero-order valence-corrected chi connectivity index (χ0v) is 13.3. The second kappa shape index (κ2) is 11.8. The first-order valence-corrected chi connectivity index (χ1v) is 7.57. The molecule has 2 rings (SSSR count). The van der Waals surface area contributed by atoms with Crippen molar-refractivity contribution >= 4 is 6.29 Å². The van der Waals surface area contributed by atoms with Crippen molar-refractivity contribution in [3.63, 3.8) is 0 Å². The van der Waals surface area contributed by atoms with Gasteiger partial charge in [-0.2, -0.15) is 0 Å². The maximum Gasteiger partial charge on any atom is 0.136 e. The molecule has 0 aromatic rings. The van der Waals surface area contributed by atoms with Gasteiger partial charge in [0.25, 0.3) is 0 Å². The Labute approximate surface area is 122 Å². The van der Waals surface area contributed by atoms with Crippen LogP contribution >= 0.6 is 0 Å². The monoisotopic (exact) mass is 284 g/mol. The molecule has 0 spiro atoms. The number of hydrogen-bond donors (Lipinski definition) is 2. The van der Waals surface area contributed by atoms with E-state index >= 15 is 0 Å². The molecule has 0 bridgehead atoms. The lowest BCUT2D eigenvalue weighted by Crippen LogP contribution is -2.21. The van der Waals surface area contributed by atoms with Gasteiger partial charge in [-0.1, -0.05) is 19.9 Å². The number of carbonyl (C=O) groups excluding carboxylic acids is 1. The molecule has 0 amide bonds. The summed E-state index contributed by atoms with van der Waals surface area (Å²) in [5.41, 5.74) is 1.70. The van der Waals surface area contributed by atoms with Crippen LogP contribution in [0.2, 0.25) is 0 Å². The molecule has 1 aliphatic carbocycles. The molecule has 1 fully saturated rings. The first kappa shape index (κ1) is 19.0. The van der Waals surface area contributed by atoms with Gasteiger partial charge < -0.3 is 15.4 Å². The van der Waals surface area contributed by atoms with Crippen molar-refractivity contribution in [2.45, 2.75) is 52.5 Å². The highest BCUT2D eigenvalue weighted by Gasteiger charge is 2.11. The Hall–Kier alpha value is -1.00. The lowest BCUT2D eigenvalue weighted by atomic mass is 9.99. The molecule has 2 aliphatic rings. The highest BCUT2D eigenvalue weighted by molar-refractivity contribution is 5.57. The molecule has 0 aromatic heterocycles. The molecule has 4 heteroatoms. The van der Waals surface area contributed by atoms with Crippen LogP contribution in [0.25, 0.3) is 0 Å². The van der Waals surface area contributed by atoms with Crippen LogP contribution in [0.4, 0.5) is 4.39 Å². The molecule has 20 heavy (non-hydrogen) atoms. The van der Waals surface area contributed by atoms with Crippen LogP contribution in [0.1, 0.15) is 46.5 Å². The summed E-state index contributed by atoms with van der Waals surface area (Å²) < 4.78 is 13.2. The molecular formula is C16H29FN2O. The fourth-order valence-electron chi connectivity index (χ4n) is 2.10. The van der Waals surface area contributed by atoms with Crippen molar-refractivity contribution < 1.29 is 9.18 Å². The molecule has 3 nitrogen and oxygen atoms in total. The van der Waals surface area contributed by atoms with E-state index < -0.39 is 0 Å². The fraction of sp³-hybridized carbons (Fsp3) is 0.688.